The van der Waals surface area contributed by atoms with Gasteiger partial charge in [0.15, 0.2) is 0 Å². The van der Waals surface area contributed by atoms with Crippen molar-refractivity contribution in [1.82, 2.24) is 0 Å². The van der Waals surface area contributed by atoms with Crippen LogP contribution >= 0.6 is 0 Å². The number of nitrogens with zero attached hydrogens (tertiary/aromatic N) is 1. The van der Waals surface area contributed by atoms with Gasteiger partial charge in [0, 0.05) is 24.2 Å². The number of hydrogen-bond donors (Lipinski definition) is 0. The van der Waals surface area contributed by atoms with Gasteiger partial charge in [0.2, 0.25) is 0 Å². The fourth-order valence-corrected chi connectivity index (χ4v) is 2.86. The molecule has 1 aliphatic rings. The Labute approximate surface area is 107 Å². The van der Waals surface area contributed by atoms with E-state index in [1.807, 2.05) is 0 Å². The van der Waals surface area contributed by atoms with Crippen molar-refractivity contribution >= 4 is 27.2 Å². The van der Waals surface area contributed by atoms with Crippen molar-refractivity contribution in [2.45, 2.75) is 6.42 Å². The highest BCUT2D eigenvalue weighted by molar-refractivity contribution is 6.11. The van der Waals surface area contributed by atoms with Gasteiger partial charge in [-0.1, -0.05) is 48.5 Å². The monoisotopic (exact) mass is 233 g/mol. The van der Waals surface area contributed by atoms with E-state index in [1.54, 1.807) is 0 Å². The van der Waals surface area contributed by atoms with Gasteiger partial charge in [-0.25, -0.2) is 0 Å². The molecular formula is C17H15N. The molecule has 1 heteroatoms. The Morgan fingerprint density at radius 2 is 1.50 bits per heavy atom. The van der Waals surface area contributed by atoms with Crippen LogP contribution in [-0.4, -0.2) is 13.1 Å². The quantitative estimate of drug-likeness (QED) is 0.569. The van der Waals surface area contributed by atoms with E-state index in [4.69, 9.17) is 0 Å². The molecule has 1 aliphatic heterocycles. The van der Waals surface area contributed by atoms with Gasteiger partial charge >= 0.3 is 0 Å². The largest absolute Gasteiger partial charge is 0.371 e. The Kier molecular flexibility index (Phi) is 2.07. The Morgan fingerprint density at radius 3 is 2.33 bits per heavy atom. The predicted molar refractivity (Wildman–Crippen MR) is 78.3 cm³/mol. The van der Waals surface area contributed by atoms with Gasteiger partial charge in [-0.15, -0.1) is 0 Å². The van der Waals surface area contributed by atoms with E-state index in [1.165, 1.54) is 46.7 Å². The van der Waals surface area contributed by atoms with Crippen LogP contribution in [0.2, 0.25) is 0 Å². The van der Waals surface area contributed by atoms with E-state index in [2.05, 4.69) is 59.5 Å². The van der Waals surface area contributed by atoms with Crippen molar-refractivity contribution in [3.8, 4) is 0 Å². The Morgan fingerprint density at radius 1 is 0.667 bits per heavy atom. The minimum atomic E-state index is 1.20. The molecule has 0 unspecified atom stereocenters. The van der Waals surface area contributed by atoms with E-state index in [9.17, 15) is 0 Å². The van der Waals surface area contributed by atoms with E-state index in [0.717, 1.165) is 0 Å². The average molecular weight is 233 g/mol. The molecule has 88 valence electrons. The molecule has 4 rings (SSSR count). The molecule has 0 bridgehead atoms. The molecule has 3 aromatic rings. The van der Waals surface area contributed by atoms with E-state index >= 15 is 0 Å². The molecular weight excluding hydrogens is 218 g/mol. The normalized spacial score (nSPS) is 15.0. The van der Waals surface area contributed by atoms with Crippen molar-refractivity contribution in [2.24, 2.45) is 0 Å². The molecule has 0 aromatic heterocycles. The zero-order valence-corrected chi connectivity index (χ0v) is 10.3. The van der Waals surface area contributed by atoms with Crippen LogP contribution < -0.4 is 4.90 Å². The second kappa shape index (κ2) is 3.74. The van der Waals surface area contributed by atoms with Crippen molar-refractivity contribution < 1.29 is 0 Å². The van der Waals surface area contributed by atoms with Crippen molar-refractivity contribution in [1.29, 1.82) is 0 Å². The molecule has 0 saturated carbocycles. The summed E-state index contributed by atoms with van der Waals surface area (Å²) < 4.78 is 0. The van der Waals surface area contributed by atoms with Crippen LogP contribution in [0.3, 0.4) is 0 Å². The highest BCUT2D eigenvalue weighted by atomic mass is 15.2. The van der Waals surface area contributed by atoms with Crippen LogP contribution in [0.15, 0.2) is 54.6 Å². The summed E-state index contributed by atoms with van der Waals surface area (Å²) in [5.74, 6) is 0. The van der Waals surface area contributed by atoms with E-state index in [-0.39, 0.29) is 0 Å². The first-order chi connectivity index (χ1) is 8.93. The lowest BCUT2D eigenvalue weighted by Gasteiger charge is -2.34. The van der Waals surface area contributed by atoms with Crippen LogP contribution in [0.5, 0.6) is 0 Å². The van der Waals surface area contributed by atoms with Crippen molar-refractivity contribution in [3.05, 3.63) is 54.6 Å². The number of rotatable bonds is 1. The second-order valence-corrected chi connectivity index (χ2v) is 5.00. The first kappa shape index (κ1) is 9.95. The lowest BCUT2D eigenvalue weighted by Crippen LogP contribution is -2.37. The Bertz CT molecular complexity index is 726. The first-order valence-corrected chi connectivity index (χ1v) is 6.59. The Balaban J connectivity index is 2.08. The molecule has 1 heterocycles. The Hall–Kier alpha value is -2.02. The SMILES string of the molecule is c1ccc2c(c1)ccc1c(N3CCC3)cccc12. The zero-order chi connectivity index (χ0) is 11.9. The molecule has 1 nitrogen and oxygen atoms in total. The van der Waals surface area contributed by atoms with Crippen molar-refractivity contribution in [2.75, 3.05) is 18.0 Å². The maximum atomic E-state index is 2.47. The number of benzene rings is 3. The third-order valence-corrected chi connectivity index (χ3v) is 3.96. The van der Waals surface area contributed by atoms with Gasteiger partial charge < -0.3 is 4.90 Å². The first-order valence-electron chi connectivity index (χ1n) is 6.59. The van der Waals surface area contributed by atoms with Crippen LogP contribution in [0.4, 0.5) is 5.69 Å². The van der Waals surface area contributed by atoms with Crippen LogP contribution in [-0.2, 0) is 0 Å². The third kappa shape index (κ3) is 1.34. The smallest absolute Gasteiger partial charge is 0.0446 e. The summed E-state index contributed by atoms with van der Waals surface area (Å²) in [4.78, 5) is 2.47. The summed E-state index contributed by atoms with van der Waals surface area (Å²) >= 11 is 0. The number of hydrogen-bond acceptors (Lipinski definition) is 1. The highest BCUT2D eigenvalue weighted by Crippen LogP contribution is 2.33. The predicted octanol–water partition coefficient (Wildman–Crippen LogP) is 4.20. The van der Waals surface area contributed by atoms with Gasteiger partial charge in [0.25, 0.3) is 0 Å². The molecule has 0 atom stereocenters. The van der Waals surface area contributed by atoms with E-state index in [0.29, 0.717) is 0 Å². The number of fused-ring (bicyclic) bond motifs is 3. The maximum Gasteiger partial charge on any atom is 0.0446 e. The zero-order valence-electron chi connectivity index (χ0n) is 10.3. The molecule has 0 spiro atoms. The summed E-state index contributed by atoms with van der Waals surface area (Å²) in [6.07, 6.45) is 1.32. The summed E-state index contributed by atoms with van der Waals surface area (Å²) in [5, 5.41) is 5.44. The second-order valence-electron chi connectivity index (χ2n) is 5.00. The summed E-state index contributed by atoms with van der Waals surface area (Å²) in [5.41, 5.74) is 1.39. The van der Waals surface area contributed by atoms with Gasteiger partial charge in [-0.3, -0.25) is 0 Å². The molecule has 0 aliphatic carbocycles. The van der Waals surface area contributed by atoms with Crippen molar-refractivity contribution in [3.63, 3.8) is 0 Å². The summed E-state index contributed by atoms with van der Waals surface area (Å²) in [6.45, 7) is 2.40. The number of anilines is 1. The fraction of sp³-hybridized carbons (Fsp3) is 0.176. The summed E-state index contributed by atoms with van der Waals surface area (Å²) in [7, 11) is 0. The van der Waals surface area contributed by atoms with Gasteiger partial charge in [-0.2, -0.15) is 0 Å². The van der Waals surface area contributed by atoms with Crippen LogP contribution in [0.1, 0.15) is 6.42 Å². The van der Waals surface area contributed by atoms with Gasteiger partial charge in [0.1, 0.15) is 0 Å². The highest BCUT2D eigenvalue weighted by Gasteiger charge is 2.16. The summed E-state index contributed by atoms with van der Waals surface area (Å²) in [6, 6.07) is 19.8. The molecule has 18 heavy (non-hydrogen) atoms. The molecule has 3 aromatic carbocycles. The topological polar surface area (TPSA) is 3.24 Å². The molecule has 1 fully saturated rings. The van der Waals surface area contributed by atoms with Crippen LogP contribution in [0.25, 0.3) is 21.5 Å². The maximum absolute atomic E-state index is 2.47. The molecule has 0 N–H and O–H groups in total. The minimum absolute atomic E-state index is 1.20. The fourth-order valence-electron chi connectivity index (χ4n) is 2.86. The lowest BCUT2D eigenvalue weighted by atomic mass is 9.99. The molecule has 1 saturated heterocycles. The molecule has 0 radical (unpaired) electrons. The van der Waals surface area contributed by atoms with E-state index < -0.39 is 0 Å². The van der Waals surface area contributed by atoms with Crippen LogP contribution in [0, 0.1) is 0 Å². The average Bonchev–Trinajstić information content (AvgIpc) is 2.37. The molecule has 0 amide bonds. The van der Waals surface area contributed by atoms with Gasteiger partial charge in [0.05, 0.1) is 0 Å². The minimum Gasteiger partial charge on any atom is -0.371 e. The lowest BCUT2D eigenvalue weighted by molar-refractivity contribution is 0.620. The standard InChI is InChI=1S/C17H15N/c1-2-6-14-13(5-1)9-10-16-15(14)7-3-8-17(16)18-11-4-12-18/h1-3,5-10H,4,11-12H2. The van der Waals surface area contributed by atoms with Gasteiger partial charge in [-0.05, 0) is 28.6 Å². The third-order valence-electron chi connectivity index (χ3n) is 3.96.